The normalized spacial score (nSPS) is 24.0. The molecular weight excluding hydrogens is 400 g/mol. The van der Waals surface area contributed by atoms with E-state index in [1.807, 2.05) is 24.3 Å². The first-order valence-electron chi connectivity index (χ1n) is 10.6. The number of hydrogen-bond donors (Lipinski definition) is 1. The molecule has 1 saturated heterocycles. The highest BCUT2D eigenvalue weighted by molar-refractivity contribution is 6.30. The fourth-order valence-electron chi connectivity index (χ4n) is 4.40. The number of morpholine rings is 1. The monoisotopic (exact) mass is 428 g/mol. The molecular formula is C24H29ClN2O3. The van der Waals surface area contributed by atoms with Crippen LogP contribution in [0, 0.1) is 5.92 Å². The van der Waals surface area contributed by atoms with Gasteiger partial charge in [0, 0.05) is 31.2 Å². The number of hydrogen-bond acceptors (Lipinski definition) is 4. The van der Waals surface area contributed by atoms with E-state index in [2.05, 4.69) is 42.3 Å². The van der Waals surface area contributed by atoms with Gasteiger partial charge in [0.25, 0.3) is 0 Å². The minimum Gasteiger partial charge on any atom is -0.492 e. The lowest BCUT2D eigenvalue weighted by atomic mass is 9.96. The van der Waals surface area contributed by atoms with Crippen LogP contribution in [0.2, 0.25) is 5.02 Å². The summed E-state index contributed by atoms with van der Waals surface area (Å²) in [7, 11) is 0. The van der Waals surface area contributed by atoms with Crippen molar-refractivity contribution in [3.8, 4) is 5.75 Å². The number of amides is 1. The SMILES string of the molecule is CC1CN(Cc2ccccc2CNC(=O)C2COc3ccc(Cl)cc3C2)CC(C)O1. The van der Waals surface area contributed by atoms with Crippen LogP contribution in [-0.4, -0.2) is 42.7 Å². The maximum absolute atomic E-state index is 12.8. The van der Waals surface area contributed by atoms with E-state index in [1.165, 1.54) is 5.56 Å². The zero-order chi connectivity index (χ0) is 21.1. The number of nitrogens with one attached hydrogen (secondary N) is 1. The van der Waals surface area contributed by atoms with Crippen LogP contribution in [0.25, 0.3) is 0 Å². The molecule has 0 aliphatic carbocycles. The van der Waals surface area contributed by atoms with Crippen molar-refractivity contribution in [2.45, 2.75) is 45.6 Å². The fourth-order valence-corrected chi connectivity index (χ4v) is 4.59. The van der Waals surface area contributed by atoms with Crippen LogP contribution in [-0.2, 0) is 29.0 Å². The average molecular weight is 429 g/mol. The molecule has 2 aromatic rings. The first kappa shape index (κ1) is 21.2. The lowest BCUT2D eigenvalue weighted by Crippen LogP contribution is -2.45. The summed E-state index contributed by atoms with van der Waals surface area (Å²) in [6.07, 6.45) is 1.12. The Labute approximate surface area is 183 Å². The zero-order valence-corrected chi connectivity index (χ0v) is 18.3. The van der Waals surface area contributed by atoms with Crippen molar-refractivity contribution in [3.05, 3.63) is 64.2 Å². The molecule has 0 saturated carbocycles. The molecule has 160 valence electrons. The zero-order valence-electron chi connectivity index (χ0n) is 17.6. The van der Waals surface area contributed by atoms with E-state index in [1.54, 1.807) is 0 Å². The predicted octanol–water partition coefficient (Wildman–Crippen LogP) is 3.82. The molecule has 0 radical (unpaired) electrons. The molecule has 2 aromatic carbocycles. The first-order chi connectivity index (χ1) is 14.5. The van der Waals surface area contributed by atoms with Crippen molar-refractivity contribution in [2.75, 3.05) is 19.7 Å². The summed E-state index contributed by atoms with van der Waals surface area (Å²) in [5.74, 6) is 0.635. The molecule has 30 heavy (non-hydrogen) atoms. The Morgan fingerprint density at radius 3 is 2.63 bits per heavy atom. The van der Waals surface area contributed by atoms with E-state index in [0.717, 1.165) is 36.5 Å². The number of carbonyl (C=O) groups is 1. The lowest BCUT2D eigenvalue weighted by molar-refractivity contribution is -0.126. The Kier molecular flexibility index (Phi) is 6.61. The van der Waals surface area contributed by atoms with Crippen molar-refractivity contribution >= 4 is 17.5 Å². The number of benzene rings is 2. The van der Waals surface area contributed by atoms with Gasteiger partial charge < -0.3 is 14.8 Å². The molecule has 0 bridgehead atoms. The Morgan fingerprint density at radius 2 is 1.87 bits per heavy atom. The standard InChI is InChI=1S/C24H29ClN2O3/c1-16-12-27(13-17(2)30-16)14-19-6-4-3-5-18(19)11-26-24(28)21-9-20-10-22(25)7-8-23(20)29-15-21/h3-8,10,16-17,21H,9,11-15H2,1-2H3,(H,26,28). The highest BCUT2D eigenvalue weighted by Gasteiger charge is 2.26. The van der Waals surface area contributed by atoms with Crippen LogP contribution in [0.4, 0.5) is 0 Å². The van der Waals surface area contributed by atoms with E-state index in [0.29, 0.717) is 24.6 Å². The van der Waals surface area contributed by atoms with Gasteiger partial charge >= 0.3 is 0 Å². The largest absolute Gasteiger partial charge is 0.492 e. The van der Waals surface area contributed by atoms with E-state index in [4.69, 9.17) is 21.1 Å². The van der Waals surface area contributed by atoms with E-state index >= 15 is 0 Å². The molecule has 1 N–H and O–H groups in total. The molecule has 0 aromatic heterocycles. The maximum Gasteiger partial charge on any atom is 0.227 e. The Bertz CT molecular complexity index is 894. The number of fused-ring (bicyclic) bond motifs is 1. The average Bonchev–Trinajstić information content (AvgIpc) is 2.71. The van der Waals surface area contributed by atoms with Gasteiger partial charge in [-0.2, -0.15) is 0 Å². The second-order valence-electron chi connectivity index (χ2n) is 8.40. The maximum atomic E-state index is 12.8. The van der Waals surface area contributed by atoms with Gasteiger partial charge in [0.05, 0.1) is 18.1 Å². The summed E-state index contributed by atoms with van der Waals surface area (Å²) < 4.78 is 11.6. The Morgan fingerprint density at radius 1 is 1.13 bits per heavy atom. The van der Waals surface area contributed by atoms with Gasteiger partial charge in [-0.25, -0.2) is 0 Å². The quantitative estimate of drug-likeness (QED) is 0.786. The first-order valence-corrected chi connectivity index (χ1v) is 11.0. The van der Waals surface area contributed by atoms with Gasteiger partial charge in [0.15, 0.2) is 0 Å². The van der Waals surface area contributed by atoms with Gasteiger partial charge in [-0.3, -0.25) is 9.69 Å². The summed E-state index contributed by atoms with van der Waals surface area (Å²) in [4.78, 5) is 15.2. The number of nitrogens with zero attached hydrogens (tertiary/aromatic N) is 1. The van der Waals surface area contributed by atoms with Crippen LogP contribution in [0.1, 0.15) is 30.5 Å². The molecule has 0 spiro atoms. The molecule has 6 heteroatoms. The molecule has 2 aliphatic heterocycles. The molecule has 2 aliphatic rings. The van der Waals surface area contributed by atoms with E-state index < -0.39 is 0 Å². The highest BCUT2D eigenvalue weighted by atomic mass is 35.5. The van der Waals surface area contributed by atoms with E-state index in [-0.39, 0.29) is 24.0 Å². The number of carbonyl (C=O) groups excluding carboxylic acids is 1. The van der Waals surface area contributed by atoms with Crippen molar-refractivity contribution < 1.29 is 14.3 Å². The molecule has 3 atom stereocenters. The third kappa shape index (κ3) is 5.15. The van der Waals surface area contributed by atoms with Gasteiger partial charge in [-0.05, 0) is 55.2 Å². The number of ether oxygens (including phenoxy) is 2. The van der Waals surface area contributed by atoms with Crippen LogP contribution in [0.3, 0.4) is 0 Å². The van der Waals surface area contributed by atoms with Crippen molar-refractivity contribution in [1.29, 1.82) is 0 Å². The third-order valence-electron chi connectivity index (χ3n) is 5.76. The topological polar surface area (TPSA) is 50.8 Å². The summed E-state index contributed by atoms with van der Waals surface area (Å²) >= 11 is 6.09. The van der Waals surface area contributed by atoms with Crippen LogP contribution in [0.5, 0.6) is 5.75 Å². The molecule has 3 unspecified atom stereocenters. The fraction of sp³-hybridized carbons (Fsp3) is 0.458. The molecule has 2 heterocycles. The van der Waals surface area contributed by atoms with Gasteiger partial charge in [0.2, 0.25) is 5.91 Å². The number of halogens is 1. The van der Waals surface area contributed by atoms with Crippen molar-refractivity contribution in [2.24, 2.45) is 5.92 Å². The molecule has 4 rings (SSSR count). The second-order valence-corrected chi connectivity index (χ2v) is 8.84. The number of rotatable bonds is 5. The summed E-state index contributed by atoms with van der Waals surface area (Å²) in [6.45, 7) is 7.86. The Balaban J connectivity index is 1.36. The minimum atomic E-state index is -0.205. The summed E-state index contributed by atoms with van der Waals surface area (Å²) in [5, 5.41) is 3.78. The third-order valence-corrected chi connectivity index (χ3v) is 6.00. The molecule has 1 amide bonds. The van der Waals surface area contributed by atoms with Crippen LogP contribution < -0.4 is 10.1 Å². The van der Waals surface area contributed by atoms with E-state index in [9.17, 15) is 4.79 Å². The van der Waals surface area contributed by atoms with Crippen molar-refractivity contribution in [3.63, 3.8) is 0 Å². The predicted molar refractivity (Wildman–Crippen MR) is 118 cm³/mol. The van der Waals surface area contributed by atoms with Gasteiger partial charge in [-0.15, -0.1) is 0 Å². The molecule has 1 fully saturated rings. The lowest BCUT2D eigenvalue weighted by Gasteiger charge is -2.35. The van der Waals surface area contributed by atoms with Crippen LogP contribution >= 0.6 is 11.6 Å². The smallest absolute Gasteiger partial charge is 0.227 e. The Hall–Kier alpha value is -2.08. The summed E-state index contributed by atoms with van der Waals surface area (Å²) in [6, 6.07) is 13.9. The van der Waals surface area contributed by atoms with Crippen molar-refractivity contribution in [1.82, 2.24) is 10.2 Å². The van der Waals surface area contributed by atoms with Gasteiger partial charge in [0.1, 0.15) is 12.4 Å². The highest BCUT2D eigenvalue weighted by Crippen LogP contribution is 2.30. The minimum absolute atomic E-state index is 0.0176. The van der Waals surface area contributed by atoms with Crippen LogP contribution in [0.15, 0.2) is 42.5 Å². The van der Waals surface area contributed by atoms with Gasteiger partial charge in [-0.1, -0.05) is 35.9 Å². The molecule has 5 nitrogen and oxygen atoms in total. The summed E-state index contributed by atoms with van der Waals surface area (Å²) in [5.41, 5.74) is 3.39. The second kappa shape index (κ2) is 9.38.